The van der Waals surface area contributed by atoms with Gasteiger partial charge in [0.05, 0.1) is 0 Å². The lowest BCUT2D eigenvalue weighted by atomic mass is 10.1. The van der Waals surface area contributed by atoms with Crippen LogP contribution in [0.5, 0.6) is 0 Å². The van der Waals surface area contributed by atoms with Crippen LogP contribution in [-0.2, 0) is 9.53 Å². The van der Waals surface area contributed by atoms with Gasteiger partial charge in [-0.2, -0.15) is 0 Å². The minimum Gasteiger partial charge on any atom is -0.444 e. The maximum atomic E-state index is 12.3. The molecule has 23 heavy (non-hydrogen) atoms. The number of rotatable bonds is 2. The molecule has 0 aromatic heterocycles. The van der Waals surface area contributed by atoms with Crippen LogP contribution in [0.3, 0.4) is 0 Å². The molecule has 126 valence electrons. The Labute approximate surface area is 138 Å². The zero-order chi connectivity index (χ0) is 17.0. The van der Waals surface area contributed by atoms with Crippen molar-refractivity contribution in [2.45, 2.75) is 45.8 Å². The molecule has 2 aliphatic rings. The fraction of sp³-hybridized carbons (Fsp3) is 0.556. The van der Waals surface area contributed by atoms with Gasteiger partial charge in [0, 0.05) is 24.7 Å². The molecule has 2 rings (SSSR count). The van der Waals surface area contributed by atoms with E-state index in [1.807, 2.05) is 51.2 Å². The largest absolute Gasteiger partial charge is 0.444 e. The Bertz CT molecular complexity index is 555. The highest BCUT2D eigenvalue weighted by Gasteiger charge is 2.30. The summed E-state index contributed by atoms with van der Waals surface area (Å²) in [4.78, 5) is 26.0. The normalized spacial score (nSPS) is 24.2. The van der Waals surface area contributed by atoms with Gasteiger partial charge >= 0.3 is 6.09 Å². The zero-order valence-corrected chi connectivity index (χ0v) is 14.3. The van der Waals surface area contributed by atoms with Crippen LogP contribution in [0.25, 0.3) is 0 Å². The predicted octanol–water partition coefficient (Wildman–Crippen LogP) is 2.80. The number of hydrogen-bond acceptors (Lipinski definition) is 3. The van der Waals surface area contributed by atoms with E-state index in [-0.39, 0.29) is 18.0 Å². The molecular weight excluding hydrogens is 292 g/mol. The first kappa shape index (κ1) is 17.3. The molecule has 0 radical (unpaired) electrons. The minimum absolute atomic E-state index is 0.0334. The SMILES string of the molecule is CC1C=CC=C(C(=O)N[C@H]2CCN(C(=O)OC(C)(C)C)C2)C=C1. The first-order chi connectivity index (χ1) is 10.7. The van der Waals surface area contributed by atoms with Gasteiger partial charge < -0.3 is 15.0 Å². The molecule has 5 nitrogen and oxygen atoms in total. The summed E-state index contributed by atoms with van der Waals surface area (Å²) in [5.41, 5.74) is 0.138. The van der Waals surface area contributed by atoms with Crippen molar-refractivity contribution in [1.82, 2.24) is 10.2 Å². The fourth-order valence-electron chi connectivity index (χ4n) is 2.50. The summed E-state index contributed by atoms with van der Waals surface area (Å²) in [5, 5.41) is 3.00. The first-order valence-electron chi connectivity index (χ1n) is 8.10. The van der Waals surface area contributed by atoms with E-state index in [0.29, 0.717) is 24.6 Å². The van der Waals surface area contributed by atoms with E-state index in [0.717, 1.165) is 6.42 Å². The lowest BCUT2D eigenvalue weighted by Gasteiger charge is -2.24. The molecule has 1 heterocycles. The van der Waals surface area contributed by atoms with Crippen molar-refractivity contribution in [3.05, 3.63) is 36.0 Å². The third kappa shape index (κ3) is 5.27. The number of carbonyl (C=O) groups is 2. The molecule has 1 aliphatic carbocycles. The van der Waals surface area contributed by atoms with Crippen molar-refractivity contribution in [3.8, 4) is 0 Å². The molecule has 1 saturated heterocycles. The lowest BCUT2D eigenvalue weighted by molar-refractivity contribution is -0.117. The van der Waals surface area contributed by atoms with Gasteiger partial charge in [0.15, 0.2) is 0 Å². The fourth-order valence-corrected chi connectivity index (χ4v) is 2.50. The number of amides is 2. The van der Waals surface area contributed by atoms with E-state index < -0.39 is 5.60 Å². The number of allylic oxidation sites excluding steroid dienone is 4. The van der Waals surface area contributed by atoms with E-state index in [1.165, 1.54) is 0 Å². The Hall–Kier alpha value is -2.04. The molecule has 1 unspecified atom stereocenters. The van der Waals surface area contributed by atoms with Crippen LogP contribution >= 0.6 is 0 Å². The molecule has 2 atom stereocenters. The predicted molar refractivity (Wildman–Crippen MR) is 89.9 cm³/mol. The number of nitrogens with one attached hydrogen (secondary N) is 1. The van der Waals surface area contributed by atoms with Crippen LogP contribution in [0.15, 0.2) is 36.0 Å². The minimum atomic E-state index is -0.503. The third-order valence-electron chi connectivity index (χ3n) is 3.71. The number of likely N-dealkylation sites (tertiary alicyclic amines) is 1. The molecule has 1 N–H and O–H groups in total. The van der Waals surface area contributed by atoms with Crippen molar-refractivity contribution in [2.24, 2.45) is 5.92 Å². The molecule has 0 spiro atoms. The van der Waals surface area contributed by atoms with Gasteiger partial charge in [-0.15, -0.1) is 0 Å². The Morgan fingerprint density at radius 2 is 2.04 bits per heavy atom. The first-order valence-corrected chi connectivity index (χ1v) is 8.10. The monoisotopic (exact) mass is 318 g/mol. The molecule has 0 saturated carbocycles. The highest BCUT2D eigenvalue weighted by Crippen LogP contribution is 2.16. The highest BCUT2D eigenvalue weighted by molar-refractivity contribution is 5.96. The molecule has 1 aliphatic heterocycles. The van der Waals surface area contributed by atoms with Gasteiger partial charge in [0.1, 0.15) is 5.60 Å². The maximum Gasteiger partial charge on any atom is 0.410 e. The Balaban J connectivity index is 1.87. The van der Waals surface area contributed by atoms with Gasteiger partial charge in [-0.3, -0.25) is 4.79 Å². The van der Waals surface area contributed by atoms with Crippen LogP contribution < -0.4 is 5.32 Å². The van der Waals surface area contributed by atoms with Crippen LogP contribution in [0.2, 0.25) is 0 Å². The van der Waals surface area contributed by atoms with Crippen molar-refractivity contribution >= 4 is 12.0 Å². The molecule has 0 aromatic carbocycles. The Kier molecular flexibility index (Phi) is 5.29. The van der Waals surface area contributed by atoms with Gasteiger partial charge in [-0.05, 0) is 39.2 Å². The Morgan fingerprint density at radius 1 is 1.30 bits per heavy atom. The second kappa shape index (κ2) is 7.02. The summed E-state index contributed by atoms with van der Waals surface area (Å²) >= 11 is 0. The second-order valence-corrected chi connectivity index (χ2v) is 7.11. The number of nitrogens with zero attached hydrogens (tertiary/aromatic N) is 1. The maximum absolute atomic E-state index is 12.3. The Morgan fingerprint density at radius 3 is 2.74 bits per heavy atom. The van der Waals surface area contributed by atoms with E-state index in [1.54, 1.807) is 4.90 Å². The molecule has 5 heteroatoms. The van der Waals surface area contributed by atoms with Crippen LogP contribution in [0, 0.1) is 5.92 Å². The number of ether oxygens (including phenoxy) is 1. The van der Waals surface area contributed by atoms with Gasteiger partial charge in [0.25, 0.3) is 5.91 Å². The lowest BCUT2D eigenvalue weighted by Crippen LogP contribution is -2.40. The summed E-state index contributed by atoms with van der Waals surface area (Å²) in [6.45, 7) is 8.70. The van der Waals surface area contributed by atoms with Crippen LogP contribution in [-0.4, -0.2) is 41.6 Å². The standard InChI is InChI=1S/C18H26N2O3/c1-13-6-5-7-14(9-8-13)16(21)19-15-10-11-20(12-15)17(22)23-18(2,3)4/h5-9,13,15H,10-12H2,1-4H3,(H,19,21)/t13?,15-/m0/s1. The van der Waals surface area contributed by atoms with Gasteiger partial charge in [-0.1, -0.05) is 31.2 Å². The summed E-state index contributed by atoms with van der Waals surface area (Å²) in [7, 11) is 0. The summed E-state index contributed by atoms with van der Waals surface area (Å²) in [5.74, 6) is 0.224. The van der Waals surface area contributed by atoms with Crippen molar-refractivity contribution in [3.63, 3.8) is 0 Å². The van der Waals surface area contributed by atoms with Crippen LogP contribution in [0.4, 0.5) is 4.79 Å². The quantitative estimate of drug-likeness (QED) is 0.852. The van der Waals surface area contributed by atoms with Crippen molar-refractivity contribution in [1.29, 1.82) is 0 Å². The summed E-state index contributed by atoms with van der Waals surface area (Å²) in [6.07, 6.45) is 10.0. The molecular formula is C18H26N2O3. The second-order valence-electron chi connectivity index (χ2n) is 7.11. The van der Waals surface area contributed by atoms with Gasteiger partial charge in [0.2, 0.25) is 0 Å². The van der Waals surface area contributed by atoms with E-state index in [4.69, 9.17) is 4.74 Å². The van der Waals surface area contributed by atoms with E-state index in [9.17, 15) is 9.59 Å². The highest BCUT2D eigenvalue weighted by atomic mass is 16.6. The number of hydrogen-bond donors (Lipinski definition) is 1. The third-order valence-corrected chi connectivity index (χ3v) is 3.71. The van der Waals surface area contributed by atoms with E-state index in [2.05, 4.69) is 12.2 Å². The number of carbonyl (C=O) groups excluding carboxylic acids is 2. The molecule has 2 amide bonds. The van der Waals surface area contributed by atoms with Crippen LogP contribution in [0.1, 0.15) is 34.1 Å². The van der Waals surface area contributed by atoms with Gasteiger partial charge in [-0.25, -0.2) is 4.79 Å². The van der Waals surface area contributed by atoms with Crippen molar-refractivity contribution in [2.75, 3.05) is 13.1 Å². The van der Waals surface area contributed by atoms with E-state index >= 15 is 0 Å². The summed E-state index contributed by atoms with van der Waals surface area (Å²) < 4.78 is 5.36. The smallest absolute Gasteiger partial charge is 0.410 e. The summed E-state index contributed by atoms with van der Waals surface area (Å²) in [6, 6.07) is -0.0334. The topological polar surface area (TPSA) is 58.6 Å². The molecule has 1 fully saturated rings. The molecule has 0 aromatic rings. The average Bonchev–Trinajstić information content (AvgIpc) is 2.78. The molecule has 0 bridgehead atoms. The zero-order valence-electron chi connectivity index (χ0n) is 14.3. The average molecular weight is 318 g/mol. The van der Waals surface area contributed by atoms with Crippen molar-refractivity contribution < 1.29 is 14.3 Å².